The molecular formula is C10H8N4OS. The summed E-state index contributed by atoms with van der Waals surface area (Å²) in [4.78, 5) is 5.20. The molecule has 0 aliphatic rings. The number of para-hydroxylation sites is 1. The summed E-state index contributed by atoms with van der Waals surface area (Å²) in [6, 6.07) is 5.48. The van der Waals surface area contributed by atoms with Gasteiger partial charge in [-0.05, 0) is 30.6 Å². The molecule has 2 N–H and O–H groups in total. The van der Waals surface area contributed by atoms with E-state index in [9.17, 15) is 0 Å². The SMILES string of the molecule is Cc1nnsc1-c1nc2c(N)cccc2o1. The topological polar surface area (TPSA) is 77.8 Å². The zero-order chi connectivity index (χ0) is 11.1. The molecule has 0 spiro atoms. The molecule has 80 valence electrons. The molecule has 0 fully saturated rings. The lowest BCUT2D eigenvalue weighted by molar-refractivity contribution is 0.621. The predicted molar refractivity (Wildman–Crippen MR) is 62.1 cm³/mol. The second kappa shape index (κ2) is 3.28. The number of anilines is 1. The van der Waals surface area contributed by atoms with Crippen molar-refractivity contribution in [2.45, 2.75) is 6.92 Å². The Hall–Kier alpha value is -1.95. The summed E-state index contributed by atoms with van der Waals surface area (Å²) < 4.78 is 9.46. The monoisotopic (exact) mass is 232 g/mol. The molecule has 2 heterocycles. The standard InChI is InChI=1S/C10H8N4OS/c1-5-9(16-14-13-5)10-12-8-6(11)3-2-4-7(8)15-10/h2-4H,11H2,1H3. The van der Waals surface area contributed by atoms with Crippen molar-refractivity contribution in [1.29, 1.82) is 0 Å². The zero-order valence-electron chi connectivity index (χ0n) is 8.47. The summed E-state index contributed by atoms with van der Waals surface area (Å²) in [6.07, 6.45) is 0. The van der Waals surface area contributed by atoms with E-state index in [2.05, 4.69) is 14.6 Å². The summed E-state index contributed by atoms with van der Waals surface area (Å²) in [7, 11) is 0. The van der Waals surface area contributed by atoms with Crippen LogP contribution in [0.5, 0.6) is 0 Å². The minimum Gasteiger partial charge on any atom is -0.435 e. The molecule has 0 aliphatic carbocycles. The van der Waals surface area contributed by atoms with E-state index in [0.29, 0.717) is 22.7 Å². The van der Waals surface area contributed by atoms with Gasteiger partial charge in [-0.25, -0.2) is 4.98 Å². The second-order valence-corrected chi connectivity index (χ2v) is 4.15. The van der Waals surface area contributed by atoms with E-state index in [1.165, 1.54) is 11.5 Å². The van der Waals surface area contributed by atoms with Gasteiger partial charge in [-0.15, -0.1) is 5.10 Å². The first-order chi connectivity index (χ1) is 7.75. The fraction of sp³-hybridized carbons (Fsp3) is 0.100. The summed E-state index contributed by atoms with van der Waals surface area (Å²) in [6.45, 7) is 1.87. The molecule has 3 aromatic rings. The van der Waals surface area contributed by atoms with Gasteiger partial charge >= 0.3 is 0 Å². The molecule has 6 heteroatoms. The number of hydrogen-bond donors (Lipinski definition) is 1. The third-order valence-electron chi connectivity index (χ3n) is 2.30. The lowest BCUT2D eigenvalue weighted by Crippen LogP contribution is -1.85. The van der Waals surface area contributed by atoms with Crippen LogP contribution < -0.4 is 5.73 Å². The molecule has 0 bridgehead atoms. The van der Waals surface area contributed by atoms with E-state index in [0.717, 1.165) is 10.6 Å². The Bertz CT molecular complexity index is 658. The van der Waals surface area contributed by atoms with E-state index in [1.807, 2.05) is 19.1 Å². The average Bonchev–Trinajstić information content (AvgIpc) is 2.84. The minimum atomic E-state index is 0.528. The molecule has 1 aromatic carbocycles. The van der Waals surface area contributed by atoms with Gasteiger partial charge in [-0.2, -0.15) is 0 Å². The van der Waals surface area contributed by atoms with Gasteiger partial charge in [0.15, 0.2) is 5.58 Å². The molecule has 0 saturated heterocycles. The van der Waals surface area contributed by atoms with Crippen LogP contribution in [0.1, 0.15) is 5.69 Å². The van der Waals surface area contributed by atoms with Gasteiger partial charge in [-0.3, -0.25) is 0 Å². The van der Waals surface area contributed by atoms with Crippen LogP contribution in [0.15, 0.2) is 22.6 Å². The Kier molecular flexibility index (Phi) is 1.90. The average molecular weight is 232 g/mol. The number of hydrogen-bond acceptors (Lipinski definition) is 6. The van der Waals surface area contributed by atoms with Crippen LogP contribution in [0.25, 0.3) is 21.9 Å². The molecule has 16 heavy (non-hydrogen) atoms. The van der Waals surface area contributed by atoms with Gasteiger partial charge < -0.3 is 10.2 Å². The molecule has 0 radical (unpaired) electrons. The molecule has 2 aromatic heterocycles. The highest BCUT2D eigenvalue weighted by atomic mass is 32.1. The minimum absolute atomic E-state index is 0.528. The van der Waals surface area contributed by atoms with Crippen LogP contribution >= 0.6 is 11.5 Å². The number of benzene rings is 1. The molecule has 0 saturated carbocycles. The second-order valence-electron chi connectivity index (χ2n) is 3.40. The van der Waals surface area contributed by atoms with Gasteiger partial charge in [-0.1, -0.05) is 10.6 Å². The van der Waals surface area contributed by atoms with Crippen molar-refractivity contribution < 1.29 is 4.42 Å². The molecule has 0 aliphatic heterocycles. The van der Waals surface area contributed by atoms with Gasteiger partial charge in [0.2, 0.25) is 5.89 Å². The van der Waals surface area contributed by atoms with Gasteiger partial charge in [0.25, 0.3) is 0 Å². The first-order valence-corrected chi connectivity index (χ1v) is 5.47. The Labute approximate surface area is 95.1 Å². The van der Waals surface area contributed by atoms with E-state index in [1.54, 1.807) is 6.07 Å². The van der Waals surface area contributed by atoms with Gasteiger partial charge in [0.05, 0.1) is 11.4 Å². The van der Waals surface area contributed by atoms with Crippen molar-refractivity contribution in [3.63, 3.8) is 0 Å². The fourth-order valence-electron chi connectivity index (χ4n) is 1.49. The molecule has 0 atom stereocenters. The normalized spacial score (nSPS) is 11.1. The molecule has 0 unspecified atom stereocenters. The Balaban J connectivity index is 2.27. The summed E-state index contributed by atoms with van der Waals surface area (Å²) in [5.74, 6) is 0.528. The third-order valence-corrected chi connectivity index (χ3v) is 3.11. The van der Waals surface area contributed by atoms with E-state index < -0.39 is 0 Å². The number of aromatic nitrogens is 3. The Morgan fingerprint density at radius 1 is 1.38 bits per heavy atom. The van der Waals surface area contributed by atoms with Crippen molar-refractivity contribution >= 4 is 28.3 Å². The number of fused-ring (bicyclic) bond motifs is 1. The Morgan fingerprint density at radius 3 is 2.94 bits per heavy atom. The van der Waals surface area contributed by atoms with Crippen molar-refractivity contribution in [1.82, 2.24) is 14.6 Å². The van der Waals surface area contributed by atoms with E-state index in [-0.39, 0.29) is 0 Å². The molecular weight excluding hydrogens is 224 g/mol. The number of rotatable bonds is 1. The number of nitrogens with two attached hydrogens (primary N) is 1. The first-order valence-electron chi connectivity index (χ1n) is 4.70. The zero-order valence-corrected chi connectivity index (χ0v) is 9.28. The first kappa shape index (κ1) is 9.29. The molecule has 0 amide bonds. The van der Waals surface area contributed by atoms with Crippen LogP contribution in [-0.2, 0) is 0 Å². The maximum atomic E-state index is 5.81. The lowest BCUT2D eigenvalue weighted by Gasteiger charge is -1.89. The number of oxazole rings is 1. The van der Waals surface area contributed by atoms with Crippen molar-refractivity contribution in [2.75, 3.05) is 5.73 Å². The van der Waals surface area contributed by atoms with Gasteiger partial charge in [0.1, 0.15) is 10.4 Å². The number of aryl methyl sites for hydroxylation is 1. The fourth-order valence-corrected chi connectivity index (χ4v) is 2.08. The van der Waals surface area contributed by atoms with Crippen LogP contribution in [0, 0.1) is 6.92 Å². The van der Waals surface area contributed by atoms with Gasteiger partial charge in [0, 0.05) is 0 Å². The summed E-state index contributed by atoms with van der Waals surface area (Å²) in [5.41, 5.74) is 8.61. The highest BCUT2D eigenvalue weighted by Gasteiger charge is 2.14. The quantitative estimate of drug-likeness (QED) is 0.651. The van der Waals surface area contributed by atoms with Crippen LogP contribution in [0.2, 0.25) is 0 Å². The number of nitrogens with zero attached hydrogens (tertiary/aromatic N) is 3. The van der Waals surface area contributed by atoms with E-state index in [4.69, 9.17) is 10.2 Å². The van der Waals surface area contributed by atoms with E-state index >= 15 is 0 Å². The largest absolute Gasteiger partial charge is 0.435 e. The lowest BCUT2D eigenvalue weighted by atomic mass is 10.3. The van der Waals surface area contributed by atoms with Crippen LogP contribution in [-0.4, -0.2) is 14.6 Å². The summed E-state index contributed by atoms with van der Waals surface area (Å²) >= 11 is 1.27. The smallest absolute Gasteiger partial charge is 0.241 e. The molecule has 5 nitrogen and oxygen atoms in total. The van der Waals surface area contributed by atoms with Crippen molar-refractivity contribution in [3.8, 4) is 10.8 Å². The predicted octanol–water partition coefficient (Wildman–Crippen LogP) is 2.24. The van der Waals surface area contributed by atoms with Crippen molar-refractivity contribution in [2.24, 2.45) is 0 Å². The highest BCUT2D eigenvalue weighted by Crippen LogP contribution is 2.30. The maximum Gasteiger partial charge on any atom is 0.241 e. The third kappa shape index (κ3) is 1.27. The van der Waals surface area contributed by atoms with Crippen molar-refractivity contribution in [3.05, 3.63) is 23.9 Å². The molecule has 3 rings (SSSR count). The summed E-state index contributed by atoms with van der Waals surface area (Å²) in [5, 5.41) is 3.92. The number of nitrogen functional groups attached to an aromatic ring is 1. The van der Waals surface area contributed by atoms with Crippen LogP contribution in [0.4, 0.5) is 5.69 Å². The Morgan fingerprint density at radius 2 is 2.25 bits per heavy atom. The van der Waals surface area contributed by atoms with Crippen LogP contribution in [0.3, 0.4) is 0 Å². The maximum absolute atomic E-state index is 5.81. The highest BCUT2D eigenvalue weighted by molar-refractivity contribution is 7.09.